The zero-order valence-corrected chi connectivity index (χ0v) is 14.3. The van der Waals surface area contributed by atoms with Gasteiger partial charge >= 0.3 is 147 Å². The predicted octanol–water partition coefficient (Wildman–Crippen LogP) is 3.03. The van der Waals surface area contributed by atoms with Gasteiger partial charge in [0.25, 0.3) is 0 Å². The van der Waals surface area contributed by atoms with Crippen LogP contribution in [0.3, 0.4) is 0 Å². The van der Waals surface area contributed by atoms with E-state index < -0.39 is 0 Å². The Hall–Kier alpha value is -2.82. The number of nitrogens with one attached hydrogen (secondary N) is 1. The van der Waals surface area contributed by atoms with Crippen molar-refractivity contribution in [3.05, 3.63) is 66.2 Å². The minimum absolute atomic E-state index is 0.165. The molecule has 0 aromatic heterocycles. The fourth-order valence-corrected chi connectivity index (χ4v) is 2.54. The molecule has 3 aromatic rings. The molecule has 119 valence electrons. The van der Waals surface area contributed by atoms with Crippen LogP contribution in [-0.2, 0) is 0 Å². The molecule has 24 heavy (non-hydrogen) atoms. The van der Waals surface area contributed by atoms with Gasteiger partial charge in [0.05, 0.1) is 0 Å². The van der Waals surface area contributed by atoms with Gasteiger partial charge in [0.1, 0.15) is 0 Å². The number of hydrazone groups is 1. The molecule has 3 rings (SSSR count). The van der Waals surface area contributed by atoms with Crippen molar-refractivity contribution in [3.63, 3.8) is 0 Å². The Bertz CT molecular complexity index is 933. The summed E-state index contributed by atoms with van der Waals surface area (Å²) in [6.07, 6.45) is 1.52. The van der Waals surface area contributed by atoms with E-state index in [1.807, 2.05) is 42.5 Å². The van der Waals surface area contributed by atoms with Crippen LogP contribution in [0, 0.1) is 0 Å². The van der Waals surface area contributed by atoms with Gasteiger partial charge in [-0.15, -0.1) is 0 Å². The number of nitrogens with zero attached hydrogens (tertiary/aromatic N) is 2. The predicted molar refractivity (Wildman–Crippen MR) is 97.3 cm³/mol. The molecule has 3 aromatic carbocycles. The summed E-state index contributed by atoms with van der Waals surface area (Å²) >= 11 is 2.83. The van der Waals surface area contributed by atoms with Crippen LogP contribution in [0.25, 0.3) is 10.8 Å². The second-order valence-electron chi connectivity index (χ2n) is 5.03. The summed E-state index contributed by atoms with van der Waals surface area (Å²) in [4.78, 5) is 4.50. The minimum atomic E-state index is -0.188. The van der Waals surface area contributed by atoms with Gasteiger partial charge in [0, 0.05) is 0 Å². The van der Waals surface area contributed by atoms with Crippen molar-refractivity contribution >= 4 is 43.4 Å². The second-order valence-corrected chi connectivity index (χ2v) is 5.84. The molecule has 0 aliphatic heterocycles. The van der Waals surface area contributed by atoms with Gasteiger partial charge in [-0.1, -0.05) is 0 Å². The second kappa shape index (κ2) is 7.17. The third-order valence-corrected chi connectivity index (χ3v) is 3.74. The van der Waals surface area contributed by atoms with Gasteiger partial charge < -0.3 is 0 Å². The molecule has 0 fully saturated rings. The molecule has 0 aliphatic carbocycles. The van der Waals surface area contributed by atoms with E-state index >= 15 is 0 Å². The molecule has 0 atom stereocenters. The van der Waals surface area contributed by atoms with E-state index in [1.165, 1.54) is 18.3 Å². The maximum atomic E-state index is 9.44. The average Bonchev–Trinajstić information content (AvgIpc) is 2.58. The first-order chi connectivity index (χ1) is 11.6. The van der Waals surface area contributed by atoms with Crippen molar-refractivity contribution < 1.29 is 10.2 Å². The van der Waals surface area contributed by atoms with Gasteiger partial charge in [0.15, 0.2) is 0 Å². The van der Waals surface area contributed by atoms with Crippen LogP contribution in [0.2, 0.25) is 0 Å². The molecule has 3 N–H and O–H groups in total. The zero-order chi connectivity index (χ0) is 16.9. The number of rotatable bonds is 3. The quantitative estimate of drug-likeness (QED) is 0.214. The Morgan fingerprint density at radius 3 is 2.58 bits per heavy atom. The standard InChI is InChI=1S/C18H14N3O2Se/c22-16-9-8-12(10-17(16)23)11-19-21-18(24)20-15-7-3-5-13-4-1-2-6-14(13)15/h1-11,22-23H,(H,20,21)/b19-11+. The molecule has 6 heteroatoms. The van der Waals surface area contributed by atoms with E-state index in [1.54, 1.807) is 6.07 Å². The number of aromatic hydroxyl groups is 2. The molecule has 0 bridgehead atoms. The Morgan fingerprint density at radius 1 is 0.958 bits per heavy atom. The molecule has 5 nitrogen and oxygen atoms in total. The molecule has 0 amide bonds. The van der Waals surface area contributed by atoms with E-state index in [9.17, 15) is 10.2 Å². The van der Waals surface area contributed by atoms with Gasteiger partial charge in [-0.3, -0.25) is 0 Å². The first kappa shape index (κ1) is 16.1. The number of hydrogen-bond donors (Lipinski definition) is 3. The Morgan fingerprint density at radius 2 is 1.75 bits per heavy atom. The van der Waals surface area contributed by atoms with E-state index in [-0.39, 0.29) is 11.5 Å². The third-order valence-electron chi connectivity index (χ3n) is 3.36. The van der Waals surface area contributed by atoms with Crippen LogP contribution in [0.4, 0.5) is 5.69 Å². The normalized spacial score (nSPS) is 11.9. The van der Waals surface area contributed by atoms with Crippen molar-refractivity contribution in [1.82, 2.24) is 5.43 Å². The van der Waals surface area contributed by atoms with Crippen molar-refractivity contribution in [2.45, 2.75) is 0 Å². The van der Waals surface area contributed by atoms with Crippen molar-refractivity contribution in [3.8, 4) is 11.5 Å². The van der Waals surface area contributed by atoms with E-state index in [4.69, 9.17) is 0 Å². The molecule has 0 spiro atoms. The fraction of sp³-hybridized carbons (Fsp3) is 0. The number of hydrogen-bond acceptors (Lipinski definition) is 4. The topological polar surface area (TPSA) is 77.2 Å². The number of amidine groups is 1. The van der Waals surface area contributed by atoms with Crippen molar-refractivity contribution in [2.75, 3.05) is 0 Å². The maximum absolute atomic E-state index is 9.44. The summed E-state index contributed by atoms with van der Waals surface area (Å²) in [5, 5.41) is 25.0. The van der Waals surface area contributed by atoms with Crippen LogP contribution in [0.1, 0.15) is 5.56 Å². The Balaban J connectivity index is 1.76. The van der Waals surface area contributed by atoms with Crippen molar-refractivity contribution in [2.24, 2.45) is 10.1 Å². The number of phenolic OH excluding ortho intramolecular Hbond substituents is 2. The number of aliphatic imine (C=N–C) groups is 1. The van der Waals surface area contributed by atoms with Crippen molar-refractivity contribution in [1.29, 1.82) is 0 Å². The summed E-state index contributed by atoms with van der Waals surface area (Å²) in [7, 11) is 0. The van der Waals surface area contributed by atoms with Gasteiger partial charge in [-0.25, -0.2) is 0 Å². The first-order valence-electron chi connectivity index (χ1n) is 7.18. The Kier molecular flexibility index (Phi) is 4.79. The molecular weight excluding hydrogens is 369 g/mol. The van der Waals surface area contributed by atoms with Crippen LogP contribution in [0.15, 0.2) is 70.8 Å². The summed E-state index contributed by atoms with van der Waals surface area (Å²) in [6.45, 7) is 0. The Labute approximate surface area is 147 Å². The summed E-state index contributed by atoms with van der Waals surface area (Å²) < 4.78 is 0.519. The average molecular weight is 383 g/mol. The molecule has 0 saturated heterocycles. The van der Waals surface area contributed by atoms with Crippen LogP contribution in [-0.4, -0.2) is 37.2 Å². The SMILES string of the molecule is Oc1ccc(/C=N/NC([Se])=Nc2cccc3ccccc23)cc1O. The van der Waals surface area contributed by atoms with Crippen LogP contribution < -0.4 is 5.43 Å². The van der Waals surface area contributed by atoms with Crippen LogP contribution in [0.5, 0.6) is 11.5 Å². The zero-order valence-electron chi connectivity index (χ0n) is 12.5. The summed E-state index contributed by atoms with van der Waals surface area (Å²) in [5.74, 6) is -0.353. The molecule has 0 saturated carbocycles. The third kappa shape index (κ3) is 3.74. The van der Waals surface area contributed by atoms with Crippen LogP contribution >= 0.6 is 0 Å². The van der Waals surface area contributed by atoms with Gasteiger partial charge in [0.2, 0.25) is 0 Å². The number of fused-ring (bicyclic) bond motifs is 1. The molecule has 0 unspecified atom stereocenters. The van der Waals surface area contributed by atoms with Gasteiger partial charge in [-0.2, -0.15) is 0 Å². The number of benzene rings is 3. The van der Waals surface area contributed by atoms with E-state index in [2.05, 4.69) is 31.5 Å². The number of phenols is 2. The first-order valence-corrected chi connectivity index (χ1v) is 8.03. The fourth-order valence-electron chi connectivity index (χ4n) is 2.22. The molecule has 1 radical (unpaired) electrons. The van der Waals surface area contributed by atoms with E-state index in [0.717, 1.165) is 16.5 Å². The van der Waals surface area contributed by atoms with Gasteiger partial charge in [-0.05, 0) is 0 Å². The van der Waals surface area contributed by atoms with E-state index in [0.29, 0.717) is 10.3 Å². The summed E-state index contributed by atoms with van der Waals surface area (Å²) in [5.41, 5.74) is 4.29. The molecular formula is C18H14N3O2Se. The monoisotopic (exact) mass is 384 g/mol. The summed E-state index contributed by atoms with van der Waals surface area (Å²) in [6, 6.07) is 18.4. The molecule has 0 aliphatic rings. The molecule has 0 heterocycles.